The van der Waals surface area contributed by atoms with Gasteiger partial charge in [0, 0.05) is 18.2 Å². The van der Waals surface area contributed by atoms with Crippen molar-refractivity contribution >= 4 is 10.0 Å². The molecule has 1 saturated heterocycles. The average Bonchev–Trinajstić information content (AvgIpc) is 2.56. The molecule has 0 aromatic heterocycles. The van der Waals surface area contributed by atoms with Crippen LogP contribution in [-0.4, -0.2) is 24.0 Å². The molecule has 0 saturated carbocycles. The monoisotopic (exact) mass is 367 g/mol. The predicted molar refractivity (Wildman–Crippen MR) is 96.4 cm³/mol. The van der Waals surface area contributed by atoms with Gasteiger partial charge in [-0.2, -0.15) is 4.31 Å². The minimum Gasteiger partial charge on any atom is -0.212 e. The molecule has 0 aliphatic carbocycles. The van der Waals surface area contributed by atoms with Crippen LogP contribution in [-0.2, 0) is 16.6 Å². The molecule has 0 N–H and O–H groups in total. The van der Waals surface area contributed by atoms with Crippen LogP contribution < -0.4 is 0 Å². The van der Waals surface area contributed by atoms with Gasteiger partial charge in [0.2, 0.25) is 10.0 Å². The smallest absolute Gasteiger partial charge is 0.212 e. The summed E-state index contributed by atoms with van der Waals surface area (Å²) in [7, 11) is -3.71. The van der Waals surface area contributed by atoms with Crippen molar-refractivity contribution in [2.24, 2.45) is 0 Å². The Kier molecular flexibility index (Phi) is 6.30. The van der Waals surface area contributed by atoms with Crippen LogP contribution in [0.1, 0.15) is 32.3 Å². The molecule has 2 atom stereocenters. The number of allylic oxidation sites excluding steroid dienone is 4. The molecule has 1 aliphatic rings. The number of hydrogen-bond acceptors (Lipinski definition) is 2. The van der Waals surface area contributed by atoms with E-state index in [9.17, 15) is 17.2 Å². The van der Waals surface area contributed by atoms with E-state index < -0.39 is 26.9 Å². The highest BCUT2D eigenvalue weighted by Gasteiger charge is 2.40. The third kappa shape index (κ3) is 4.25. The van der Waals surface area contributed by atoms with Crippen molar-refractivity contribution in [1.29, 1.82) is 0 Å². The summed E-state index contributed by atoms with van der Waals surface area (Å²) < 4.78 is 54.8. The highest BCUT2D eigenvalue weighted by Crippen LogP contribution is 2.33. The number of rotatable bonds is 5. The summed E-state index contributed by atoms with van der Waals surface area (Å²) in [6.07, 6.45) is 7.96. The lowest BCUT2D eigenvalue weighted by molar-refractivity contribution is 0.283. The molecule has 0 unspecified atom stereocenters. The molecule has 136 valence electrons. The molecule has 1 aliphatic heterocycles. The summed E-state index contributed by atoms with van der Waals surface area (Å²) in [5, 5.41) is -0.728. The maximum absolute atomic E-state index is 14.0. The van der Waals surface area contributed by atoms with Gasteiger partial charge in [0.1, 0.15) is 16.9 Å². The molecule has 0 radical (unpaired) electrons. The second kappa shape index (κ2) is 8.06. The van der Waals surface area contributed by atoms with E-state index in [0.29, 0.717) is 18.4 Å². The van der Waals surface area contributed by atoms with E-state index in [1.165, 1.54) is 4.31 Å². The van der Waals surface area contributed by atoms with Crippen molar-refractivity contribution in [3.8, 4) is 0 Å². The van der Waals surface area contributed by atoms with Crippen LogP contribution in [0.2, 0.25) is 0 Å². The molecule has 0 bridgehead atoms. The van der Waals surface area contributed by atoms with Crippen LogP contribution in [0.5, 0.6) is 0 Å². The highest BCUT2D eigenvalue weighted by atomic mass is 32.2. The molecule has 1 fully saturated rings. The molecule has 6 heteroatoms. The van der Waals surface area contributed by atoms with Crippen LogP contribution >= 0.6 is 0 Å². The van der Waals surface area contributed by atoms with Gasteiger partial charge in [0.25, 0.3) is 0 Å². The fourth-order valence-electron chi connectivity index (χ4n) is 3.03. The van der Waals surface area contributed by atoms with Crippen molar-refractivity contribution in [3.05, 3.63) is 71.9 Å². The quantitative estimate of drug-likeness (QED) is 0.726. The average molecular weight is 367 g/mol. The van der Waals surface area contributed by atoms with Gasteiger partial charge >= 0.3 is 0 Å². The van der Waals surface area contributed by atoms with Gasteiger partial charge in [-0.1, -0.05) is 30.9 Å². The van der Waals surface area contributed by atoms with Gasteiger partial charge in [-0.25, -0.2) is 17.2 Å². The van der Waals surface area contributed by atoms with Gasteiger partial charge < -0.3 is 0 Å². The number of nitrogens with zero attached hydrogens (tertiary/aromatic N) is 1. The van der Waals surface area contributed by atoms with Gasteiger partial charge in [-0.3, -0.25) is 0 Å². The second-order valence-corrected chi connectivity index (χ2v) is 8.21. The Balaban J connectivity index is 2.39. The van der Waals surface area contributed by atoms with E-state index >= 15 is 0 Å². The fraction of sp³-hybridized carbons (Fsp3) is 0.368. The van der Waals surface area contributed by atoms with E-state index in [2.05, 4.69) is 6.58 Å². The number of sulfonamides is 1. The van der Waals surface area contributed by atoms with Crippen LogP contribution in [0, 0.1) is 11.6 Å². The first kappa shape index (κ1) is 19.5. The standard InChI is InChI=1S/C19H23F2NO2S/c1-4-6-7-15(5-2)19-11-8-14(3)22(25(19,23)24)13-16-12-17(20)9-10-18(16)21/h4-7,9-10,12,14,19H,2,8,11,13H2,1,3H3/b6-4-,15-7+/t14-,19+/m0/s1. The topological polar surface area (TPSA) is 37.4 Å². The molecule has 2 rings (SSSR count). The van der Waals surface area contributed by atoms with E-state index in [0.717, 1.165) is 18.2 Å². The van der Waals surface area contributed by atoms with Crippen molar-refractivity contribution in [2.75, 3.05) is 0 Å². The zero-order valence-corrected chi connectivity index (χ0v) is 15.3. The molecule has 0 spiro atoms. The minimum atomic E-state index is -3.71. The zero-order valence-electron chi connectivity index (χ0n) is 14.5. The molecule has 25 heavy (non-hydrogen) atoms. The second-order valence-electron chi connectivity index (χ2n) is 6.14. The Morgan fingerprint density at radius 3 is 2.72 bits per heavy atom. The summed E-state index contributed by atoms with van der Waals surface area (Å²) in [5.41, 5.74) is 0.642. The lowest BCUT2D eigenvalue weighted by atomic mass is 10.0. The summed E-state index contributed by atoms with van der Waals surface area (Å²) >= 11 is 0. The van der Waals surface area contributed by atoms with Crippen LogP contribution in [0.15, 0.2) is 54.7 Å². The number of hydrogen-bond donors (Lipinski definition) is 0. The normalized spacial score (nSPS) is 24.6. The summed E-state index contributed by atoms with van der Waals surface area (Å²) in [6.45, 7) is 7.16. The van der Waals surface area contributed by atoms with E-state index in [-0.39, 0.29) is 18.2 Å². The van der Waals surface area contributed by atoms with Crippen LogP contribution in [0.3, 0.4) is 0 Å². The van der Waals surface area contributed by atoms with Crippen LogP contribution in [0.25, 0.3) is 0 Å². The summed E-state index contributed by atoms with van der Waals surface area (Å²) in [6, 6.07) is 2.80. The van der Waals surface area contributed by atoms with E-state index in [4.69, 9.17) is 0 Å². The van der Waals surface area contributed by atoms with Gasteiger partial charge in [0.05, 0.1) is 0 Å². The zero-order chi connectivity index (χ0) is 18.6. The van der Waals surface area contributed by atoms with Crippen molar-refractivity contribution in [2.45, 2.75) is 44.5 Å². The fourth-order valence-corrected chi connectivity index (χ4v) is 5.24. The van der Waals surface area contributed by atoms with Gasteiger partial charge in [-0.15, -0.1) is 0 Å². The first-order chi connectivity index (χ1) is 11.8. The third-order valence-electron chi connectivity index (χ3n) is 4.45. The first-order valence-corrected chi connectivity index (χ1v) is 9.71. The Bertz CT molecular complexity index is 800. The Labute approximate surface area is 148 Å². The molecule has 1 aromatic rings. The van der Waals surface area contributed by atoms with Crippen molar-refractivity contribution < 1.29 is 17.2 Å². The van der Waals surface area contributed by atoms with Gasteiger partial charge in [0.15, 0.2) is 0 Å². The Hall–Kier alpha value is -1.79. The minimum absolute atomic E-state index is 0.0358. The summed E-state index contributed by atoms with van der Waals surface area (Å²) in [5.74, 6) is -1.20. The lowest BCUT2D eigenvalue weighted by Gasteiger charge is -2.37. The molecule has 1 heterocycles. The van der Waals surface area contributed by atoms with Crippen LogP contribution in [0.4, 0.5) is 8.78 Å². The maximum atomic E-state index is 14.0. The lowest BCUT2D eigenvalue weighted by Crippen LogP contribution is -2.48. The van der Waals surface area contributed by atoms with Crippen molar-refractivity contribution in [3.63, 3.8) is 0 Å². The predicted octanol–water partition coefficient (Wildman–Crippen LogP) is 4.34. The van der Waals surface area contributed by atoms with E-state index in [1.54, 1.807) is 25.2 Å². The summed E-state index contributed by atoms with van der Waals surface area (Å²) in [4.78, 5) is 0. The number of halogens is 2. The van der Waals surface area contributed by atoms with Gasteiger partial charge in [-0.05, 0) is 50.5 Å². The molecule has 0 amide bonds. The first-order valence-electron chi connectivity index (χ1n) is 8.21. The third-order valence-corrected chi connectivity index (χ3v) is 6.82. The van der Waals surface area contributed by atoms with E-state index in [1.807, 2.05) is 13.0 Å². The molecular formula is C19H23F2NO2S. The number of benzene rings is 1. The Morgan fingerprint density at radius 1 is 1.36 bits per heavy atom. The SMILES string of the molecule is C=C/C(=C\C=C/C)[C@H]1CC[C@H](C)N(Cc2cc(F)ccc2F)S1(=O)=O. The molecule has 1 aromatic carbocycles. The molecular weight excluding hydrogens is 344 g/mol. The Morgan fingerprint density at radius 2 is 2.08 bits per heavy atom. The van der Waals surface area contributed by atoms with Crippen molar-refractivity contribution in [1.82, 2.24) is 4.31 Å². The largest absolute Gasteiger partial charge is 0.221 e. The highest BCUT2D eigenvalue weighted by molar-refractivity contribution is 7.90. The molecule has 3 nitrogen and oxygen atoms in total. The maximum Gasteiger partial charge on any atom is 0.221 e.